The van der Waals surface area contributed by atoms with Crippen molar-refractivity contribution in [1.82, 2.24) is 4.90 Å². The molecule has 5 fully saturated rings. The molecule has 5 saturated carbocycles. The molecule has 0 amide bonds. The van der Waals surface area contributed by atoms with Crippen LogP contribution in [0, 0.1) is 48.6 Å². The standard InChI is InChI=1S/C30H35NP/c1-22(31(2)30-19-23-16-24(20-30)18-25(17-23)21-30)28-14-9-15-29(28)32(26-10-5-3-6-11-26)27-12-7-4-8-13-27/h3-15,22-25H,16-21H2,1-2H3/t22-,23?,24?,25?,30?/m1/s1. The zero-order valence-corrected chi connectivity index (χ0v) is 20.3. The van der Waals surface area contributed by atoms with E-state index in [1.54, 1.807) is 11.6 Å². The lowest BCUT2D eigenvalue weighted by atomic mass is 9.52. The van der Waals surface area contributed by atoms with Gasteiger partial charge in [0.2, 0.25) is 0 Å². The summed E-state index contributed by atoms with van der Waals surface area (Å²) < 4.78 is 0. The Hall–Kier alpha value is -1.17. The third kappa shape index (κ3) is 3.69. The maximum atomic E-state index is 2.82. The second-order valence-electron chi connectivity index (χ2n) is 10.8. The van der Waals surface area contributed by atoms with Gasteiger partial charge in [0.1, 0.15) is 0 Å². The van der Waals surface area contributed by atoms with Crippen molar-refractivity contribution in [3.8, 4) is 0 Å². The molecule has 4 bridgehead atoms. The molecule has 32 heavy (non-hydrogen) atoms. The highest BCUT2D eigenvalue weighted by atomic mass is 31.1. The summed E-state index contributed by atoms with van der Waals surface area (Å²) in [6.45, 7) is 2.47. The Bertz CT molecular complexity index is 834. The van der Waals surface area contributed by atoms with Crippen LogP contribution in [-0.4, -0.2) is 23.5 Å². The summed E-state index contributed by atoms with van der Waals surface area (Å²) in [5.41, 5.74) is 1.98. The Balaban J connectivity index is 1.30. The topological polar surface area (TPSA) is 3.24 Å². The van der Waals surface area contributed by atoms with Crippen molar-refractivity contribution in [2.45, 2.75) is 57.0 Å². The van der Waals surface area contributed by atoms with Crippen LogP contribution < -0.4 is 10.6 Å². The van der Waals surface area contributed by atoms with Crippen LogP contribution in [0.4, 0.5) is 0 Å². The zero-order chi connectivity index (χ0) is 21.7. The van der Waals surface area contributed by atoms with E-state index in [1.807, 2.05) is 0 Å². The molecule has 1 atom stereocenters. The molecule has 165 valence electrons. The lowest BCUT2D eigenvalue weighted by molar-refractivity contribution is -0.0887. The normalized spacial score (nSPS) is 33.4. The summed E-state index contributed by atoms with van der Waals surface area (Å²) in [5.74, 6) is 4.50. The van der Waals surface area contributed by atoms with Crippen LogP contribution in [0.1, 0.15) is 45.4 Å². The van der Waals surface area contributed by atoms with Gasteiger partial charge in [0.15, 0.2) is 0 Å². The van der Waals surface area contributed by atoms with E-state index in [1.165, 1.54) is 49.1 Å². The highest BCUT2D eigenvalue weighted by Gasteiger charge is 2.54. The van der Waals surface area contributed by atoms with Crippen LogP contribution in [0.5, 0.6) is 0 Å². The molecule has 2 heteroatoms. The number of benzene rings is 2. The predicted molar refractivity (Wildman–Crippen MR) is 137 cm³/mol. The van der Waals surface area contributed by atoms with Crippen LogP contribution in [0.3, 0.4) is 0 Å². The summed E-state index contributed by atoms with van der Waals surface area (Å²) in [6.07, 6.45) is 16.0. The summed E-state index contributed by atoms with van der Waals surface area (Å²) in [5, 5.41) is 2.90. The Kier molecular flexibility index (Phi) is 5.71. The molecule has 5 aliphatic carbocycles. The zero-order valence-electron chi connectivity index (χ0n) is 19.5. The second-order valence-corrected chi connectivity index (χ2v) is 13.0. The average Bonchev–Trinajstić information content (AvgIpc) is 3.28. The van der Waals surface area contributed by atoms with E-state index in [4.69, 9.17) is 0 Å². The third-order valence-corrected chi connectivity index (χ3v) is 11.4. The molecule has 1 nitrogen and oxygen atoms in total. The molecule has 2 aromatic carbocycles. The number of hydrogen-bond donors (Lipinski definition) is 0. The average molecular weight is 441 g/mol. The number of nitrogens with zero attached hydrogens (tertiary/aromatic N) is 1. The maximum absolute atomic E-state index is 2.82. The van der Waals surface area contributed by atoms with Crippen LogP contribution in [0.2, 0.25) is 0 Å². The van der Waals surface area contributed by atoms with Crippen LogP contribution in [0.25, 0.3) is 0 Å². The van der Waals surface area contributed by atoms with Crippen molar-refractivity contribution in [2.75, 3.05) is 7.05 Å². The Morgan fingerprint density at radius 1 is 0.781 bits per heavy atom. The minimum Gasteiger partial charge on any atom is -0.297 e. The lowest BCUT2D eigenvalue weighted by Gasteiger charge is -2.61. The summed E-state index contributed by atoms with van der Waals surface area (Å²) in [4.78, 5) is 2.82. The van der Waals surface area contributed by atoms with Gasteiger partial charge in [-0.3, -0.25) is 4.90 Å². The van der Waals surface area contributed by atoms with Crippen molar-refractivity contribution in [3.63, 3.8) is 0 Å². The van der Waals surface area contributed by atoms with Crippen LogP contribution in [0.15, 0.2) is 60.7 Å². The number of rotatable bonds is 6. The fourth-order valence-corrected chi connectivity index (χ4v) is 10.2. The molecule has 2 aromatic rings. The van der Waals surface area contributed by atoms with Gasteiger partial charge in [-0.1, -0.05) is 60.7 Å². The van der Waals surface area contributed by atoms with E-state index in [0.717, 1.165) is 17.8 Å². The highest BCUT2D eigenvalue weighted by molar-refractivity contribution is 7.76. The molecule has 0 spiro atoms. The van der Waals surface area contributed by atoms with Crippen LogP contribution >= 0.6 is 7.92 Å². The largest absolute Gasteiger partial charge is 0.297 e. The van der Waals surface area contributed by atoms with Gasteiger partial charge in [-0.2, -0.15) is 0 Å². The first kappa shape index (κ1) is 21.4. The molecule has 5 radical (unpaired) electrons. The van der Waals surface area contributed by atoms with Gasteiger partial charge in [-0.15, -0.1) is 0 Å². The molecule has 0 unspecified atom stereocenters. The molecule has 0 aromatic heterocycles. The molecule has 0 heterocycles. The van der Waals surface area contributed by atoms with Crippen molar-refractivity contribution in [3.05, 3.63) is 91.5 Å². The fourth-order valence-electron chi connectivity index (χ4n) is 7.68. The maximum Gasteiger partial charge on any atom is 0.0217 e. The van der Waals surface area contributed by atoms with E-state index in [-0.39, 0.29) is 0 Å². The van der Waals surface area contributed by atoms with Gasteiger partial charge in [-0.05, 0) is 108 Å². The van der Waals surface area contributed by atoms with Crippen LogP contribution in [-0.2, 0) is 0 Å². The summed E-state index contributed by atoms with van der Waals surface area (Å²) in [7, 11) is 1.90. The first-order valence-electron chi connectivity index (χ1n) is 12.5. The van der Waals surface area contributed by atoms with E-state index >= 15 is 0 Å². The highest BCUT2D eigenvalue weighted by Crippen LogP contribution is 2.61. The van der Waals surface area contributed by atoms with Crippen molar-refractivity contribution >= 4 is 18.5 Å². The van der Waals surface area contributed by atoms with Gasteiger partial charge in [-0.25, -0.2) is 0 Å². The summed E-state index contributed by atoms with van der Waals surface area (Å²) >= 11 is 0. The van der Waals surface area contributed by atoms with Gasteiger partial charge in [0.25, 0.3) is 0 Å². The molecule has 0 aliphatic heterocycles. The van der Waals surface area contributed by atoms with E-state index in [9.17, 15) is 0 Å². The minimum absolute atomic E-state index is 0.435. The van der Waals surface area contributed by atoms with E-state index in [2.05, 4.69) is 98.8 Å². The van der Waals surface area contributed by atoms with Gasteiger partial charge in [0.05, 0.1) is 0 Å². The van der Waals surface area contributed by atoms with E-state index in [0.29, 0.717) is 11.6 Å². The number of hydrogen-bond acceptors (Lipinski definition) is 1. The first-order valence-corrected chi connectivity index (χ1v) is 13.9. The van der Waals surface area contributed by atoms with E-state index < -0.39 is 7.92 Å². The molecule has 7 rings (SSSR count). The van der Waals surface area contributed by atoms with Crippen molar-refractivity contribution in [2.24, 2.45) is 17.8 Å². The van der Waals surface area contributed by atoms with Gasteiger partial charge >= 0.3 is 0 Å². The molecule has 0 N–H and O–H groups in total. The first-order chi connectivity index (χ1) is 15.6. The molecular weight excluding hydrogens is 405 g/mol. The summed E-state index contributed by atoms with van der Waals surface area (Å²) in [6, 6.07) is 22.8. The molecule has 0 saturated heterocycles. The molecular formula is C30H35NP. The Morgan fingerprint density at radius 3 is 1.78 bits per heavy atom. The van der Waals surface area contributed by atoms with Crippen molar-refractivity contribution < 1.29 is 0 Å². The third-order valence-electron chi connectivity index (χ3n) is 8.88. The van der Waals surface area contributed by atoms with Crippen molar-refractivity contribution in [1.29, 1.82) is 0 Å². The van der Waals surface area contributed by atoms with Gasteiger partial charge in [0, 0.05) is 23.2 Å². The Morgan fingerprint density at radius 2 is 1.28 bits per heavy atom. The minimum atomic E-state index is -0.547. The second kappa shape index (κ2) is 8.56. The SMILES string of the molecule is C[C@H]([C]1[CH][CH][CH][C]1P(c1ccccc1)c1ccccc1)N(C)C12CC3CC(CC(C3)C1)C2. The smallest absolute Gasteiger partial charge is 0.0217 e. The predicted octanol–water partition coefficient (Wildman–Crippen LogP) is 6.14. The molecule has 5 aliphatic rings. The van der Waals surface area contributed by atoms with Gasteiger partial charge < -0.3 is 0 Å². The fraction of sp³-hybridized carbons (Fsp3) is 0.433. The monoisotopic (exact) mass is 440 g/mol. The Labute approximate surface area is 196 Å². The quantitative estimate of drug-likeness (QED) is 0.488. The lowest BCUT2D eigenvalue weighted by Crippen LogP contribution is -2.61.